The van der Waals surface area contributed by atoms with E-state index in [9.17, 15) is 9.59 Å². The Morgan fingerprint density at radius 1 is 1.55 bits per heavy atom. The Balaban J connectivity index is 3.60. The molecule has 0 aliphatic heterocycles. The Morgan fingerprint density at radius 2 is 2.09 bits per heavy atom. The molecule has 2 N–H and O–H groups in total. The van der Waals surface area contributed by atoms with Crippen LogP contribution >= 0.6 is 0 Å². The number of amides is 1. The lowest BCUT2D eigenvalue weighted by molar-refractivity contribution is -0.124. The molecule has 0 heterocycles. The molecule has 0 saturated carbocycles. The van der Waals surface area contributed by atoms with E-state index < -0.39 is 5.91 Å². The highest BCUT2D eigenvalue weighted by Gasteiger charge is 2.09. The third-order valence-corrected chi connectivity index (χ3v) is 1.46. The summed E-state index contributed by atoms with van der Waals surface area (Å²) < 4.78 is 0. The molecular weight excluding hydrogens is 142 g/mol. The number of carbonyl (C=O) groups is 2. The van der Waals surface area contributed by atoms with E-state index in [0.29, 0.717) is 0 Å². The van der Waals surface area contributed by atoms with Crippen LogP contribution in [0.3, 0.4) is 0 Å². The fourth-order valence-corrected chi connectivity index (χ4v) is 0.666. The number of carbonyl (C=O) groups excluding carboxylic acids is 2. The predicted molar refractivity (Wildman–Crippen MR) is 42.6 cm³/mol. The van der Waals surface area contributed by atoms with E-state index in [4.69, 9.17) is 5.73 Å². The Kier molecular flexibility index (Phi) is 4.50. The maximum atomic E-state index is 10.9. The van der Waals surface area contributed by atoms with Crippen molar-refractivity contribution in [3.8, 4) is 0 Å². The highest BCUT2D eigenvalue weighted by Crippen LogP contribution is 2.06. The summed E-state index contributed by atoms with van der Waals surface area (Å²) in [5.41, 5.74) is 4.83. The summed E-state index contributed by atoms with van der Waals surface area (Å²) in [6, 6.07) is 0. The van der Waals surface area contributed by atoms with Crippen LogP contribution in [-0.4, -0.2) is 11.7 Å². The third kappa shape index (κ3) is 5.58. The third-order valence-electron chi connectivity index (χ3n) is 1.46. The molecule has 0 rings (SSSR count). The smallest absolute Gasteiger partial charge is 0.224 e. The molecule has 0 aromatic heterocycles. The summed E-state index contributed by atoms with van der Waals surface area (Å²) in [5.74, 6) is -0.497. The molecule has 1 amide bonds. The molecule has 0 unspecified atom stereocenters. The zero-order valence-electron chi connectivity index (χ0n) is 6.96. The van der Waals surface area contributed by atoms with Crippen LogP contribution in [0.2, 0.25) is 0 Å². The minimum absolute atomic E-state index is 0.162. The van der Waals surface area contributed by atoms with Gasteiger partial charge in [-0.3, -0.25) is 9.59 Å². The zero-order valence-corrected chi connectivity index (χ0v) is 6.96. The summed E-state index contributed by atoms with van der Waals surface area (Å²) in [5, 5.41) is 0. The van der Waals surface area contributed by atoms with Crippen molar-refractivity contribution in [2.45, 2.75) is 26.7 Å². The van der Waals surface area contributed by atoms with Gasteiger partial charge in [-0.25, -0.2) is 0 Å². The van der Waals surface area contributed by atoms with Gasteiger partial charge in [-0.15, -0.1) is 0 Å². The molecular formula is C8H14NO2. The van der Waals surface area contributed by atoms with Crippen molar-refractivity contribution in [1.82, 2.24) is 0 Å². The van der Waals surface area contributed by atoms with Crippen LogP contribution in [0.4, 0.5) is 0 Å². The summed E-state index contributed by atoms with van der Waals surface area (Å²) in [4.78, 5) is 21.1. The van der Waals surface area contributed by atoms with Crippen LogP contribution in [0.5, 0.6) is 0 Å². The SMILES string of the molecule is CC[C@@H](C)[CH]C(=O)CC(N)=O. The second kappa shape index (κ2) is 4.88. The minimum atomic E-state index is -0.561. The number of ketones is 1. The monoisotopic (exact) mass is 156 g/mol. The molecule has 0 saturated heterocycles. The van der Waals surface area contributed by atoms with Crippen LogP contribution < -0.4 is 5.73 Å². The van der Waals surface area contributed by atoms with Crippen LogP contribution in [-0.2, 0) is 9.59 Å². The molecule has 3 heteroatoms. The van der Waals surface area contributed by atoms with Gasteiger partial charge in [-0.1, -0.05) is 20.3 Å². The molecule has 0 aromatic rings. The number of rotatable bonds is 5. The quantitative estimate of drug-likeness (QED) is 0.595. The molecule has 3 nitrogen and oxygen atoms in total. The van der Waals surface area contributed by atoms with Crippen molar-refractivity contribution in [1.29, 1.82) is 0 Å². The van der Waals surface area contributed by atoms with Gasteiger partial charge in [0.2, 0.25) is 5.91 Å². The molecule has 63 valence electrons. The zero-order chi connectivity index (χ0) is 8.85. The number of primary amides is 1. The van der Waals surface area contributed by atoms with E-state index in [1.807, 2.05) is 13.8 Å². The lowest BCUT2D eigenvalue weighted by Gasteiger charge is -2.04. The van der Waals surface area contributed by atoms with E-state index >= 15 is 0 Å². The summed E-state index contributed by atoms with van der Waals surface area (Å²) in [6.45, 7) is 3.91. The fraction of sp³-hybridized carbons (Fsp3) is 0.625. The van der Waals surface area contributed by atoms with Gasteiger partial charge >= 0.3 is 0 Å². The summed E-state index contributed by atoms with van der Waals surface area (Å²) in [7, 11) is 0. The Labute approximate surface area is 67.0 Å². The molecule has 0 bridgehead atoms. The molecule has 0 aliphatic rings. The van der Waals surface area contributed by atoms with Gasteiger partial charge in [-0.05, 0) is 5.92 Å². The number of Topliss-reactive ketones (excluding diaryl/α,β-unsaturated/α-hetero) is 1. The highest BCUT2D eigenvalue weighted by molar-refractivity contribution is 6.01. The van der Waals surface area contributed by atoms with Crippen molar-refractivity contribution < 1.29 is 9.59 Å². The van der Waals surface area contributed by atoms with Crippen LogP contribution in [0.1, 0.15) is 26.7 Å². The Bertz CT molecular complexity index is 154. The molecule has 0 fully saturated rings. The van der Waals surface area contributed by atoms with Gasteiger partial charge in [0.15, 0.2) is 0 Å². The topological polar surface area (TPSA) is 60.2 Å². The van der Waals surface area contributed by atoms with Crippen molar-refractivity contribution >= 4 is 11.7 Å². The van der Waals surface area contributed by atoms with E-state index in [2.05, 4.69) is 0 Å². The second-order valence-corrected chi connectivity index (χ2v) is 2.66. The van der Waals surface area contributed by atoms with Crippen molar-refractivity contribution in [3.63, 3.8) is 0 Å². The van der Waals surface area contributed by atoms with Gasteiger partial charge in [0.25, 0.3) is 0 Å². The lowest BCUT2D eigenvalue weighted by atomic mass is 10.0. The van der Waals surface area contributed by atoms with Gasteiger partial charge in [0.1, 0.15) is 5.78 Å². The van der Waals surface area contributed by atoms with Crippen molar-refractivity contribution in [2.24, 2.45) is 11.7 Å². The van der Waals surface area contributed by atoms with E-state index in [1.165, 1.54) is 0 Å². The van der Waals surface area contributed by atoms with Gasteiger partial charge < -0.3 is 5.73 Å². The second-order valence-electron chi connectivity index (χ2n) is 2.66. The van der Waals surface area contributed by atoms with E-state index in [1.54, 1.807) is 6.42 Å². The first-order chi connectivity index (χ1) is 5.06. The van der Waals surface area contributed by atoms with Crippen LogP contribution in [0.25, 0.3) is 0 Å². The van der Waals surface area contributed by atoms with Gasteiger partial charge in [0.05, 0.1) is 6.42 Å². The number of hydrogen-bond donors (Lipinski definition) is 1. The molecule has 11 heavy (non-hydrogen) atoms. The Morgan fingerprint density at radius 3 is 2.45 bits per heavy atom. The molecule has 1 atom stereocenters. The maximum absolute atomic E-state index is 10.9. The first-order valence-electron chi connectivity index (χ1n) is 3.72. The molecule has 0 spiro atoms. The first kappa shape index (κ1) is 10.1. The standard InChI is InChI=1S/C8H14NO2/c1-3-6(2)4-7(10)5-8(9)11/h4,6H,3,5H2,1-2H3,(H2,9,11)/t6-/m1/s1. The van der Waals surface area contributed by atoms with Gasteiger partial charge in [-0.2, -0.15) is 0 Å². The molecule has 0 aromatic carbocycles. The number of nitrogens with two attached hydrogens (primary N) is 1. The fourth-order valence-electron chi connectivity index (χ4n) is 0.666. The van der Waals surface area contributed by atoms with E-state index in [0.717, 1.165) is 6.42 Å². The van der Waals surface area contributed by atoms with Crippen molar-refractivity contribution in [3.05, 3.63) is 6.42 Å². The van der Waals surface area contributed by atoms with Crippen LogP contribution in [0, 0.1) is 12.3 Å². The average Bonchev–Trinajstić information content (AvgIpc) is 1.85. The maximum Gasteiger partial charge on any atom is 0.224 e. The van der Waals surface area contributed by atoms with Crippen molar-refractivity contribution in [2.75, 3.05) is 0 Å². The molecule has 0 aliphatic carbocycles. The average molecular weight is 156 g/mol. The van der Waals surface area contributed by atoms with E-state index in [-0.39, 0.29) is 18.1 Å². The normalized spacial score (nSPS) is 12.5. The van der Waals surface area contributed by atoms with Gasteiger partial charge in [0, 0.05) is 6.42 Å². The first-order valence-corrected chi connectivity index (χ1v) is 3.72. The van der Waals surface area contributed by atoms with Crippen LogP contribution in [0.15, 0.2) is 0 Å². The number of hydrogen-bond acceptors (Lipinski definition) is 2. The minimum Gasteiger partial charge on any atom is -0.369 e. The summed E-state index contributed by atoms with van der Waals surface area (Å²) >= 11 is 0. The molecule has 1 radical (unpaired) electrons. The Hall–Kier alpha value is -0.860. The lowest BCUT2D eigenvalue weighted by Crippen LogP contribution is -2.17. The highest BCUT2D eigenvalue weighted by atomic mass is 16.2. The largest absolute Gasteiger partial charge is 0.369 e. The summed E-state index contributed by atoms with van der Waals surface area (Å²) in [6.07, 6.45) is 2.29. The predicted octanol–water partition coefficient (Wildman–Crippen LogP) is 0.681.